The second-order valence-corrected chi connectivity index (χ2v) is 7.65. The Morgan fingerprint density at radius 2 is 1.61 bits per heavy atom. The Bertz CT molecular complexity index is 922. The molecular weight excluding hydrogens is 414 g/mol. The van der Waals surface area contributed by atoms with E-state index in [4.69, 9.17) is 9.47 Å². The second kappa shape index (κ2) is 9.65. The third-order valence-electron chi connectivity index (χ3n) is 4.70. The van der Waals surface area contributed by atoms with Crippen LogP contribution in [0.1, 0.15) is 29.2 Å². The summed E-state index contributed by atoms with van der Waals surface area (Å²) in [5.41, 5.74) is 6.00. The van der Waals surface area contributed by atoms with Crippen molar-refractivity contribution in [1.29, 1.82) is 0 Å². The van der Waals surface area contributed by atoms with Crippen LogP contribution in [0, 0.1) is 13.8 Å². The largest absolute Gasteiger partial charge is 0.490 e. The summed E-state index contributed by atoms with van der Waals surface area (Å²) in [7, 11) is 0. The molecule has 3 aromatic carbocycles. The quantitative estimate of drug-likeness (QED) is 0.425. The van der Waals surface area contributed by atoms with Crippen LogP contribution in [0.2, 0.25) is 0 Å². The van der Waals surface area contributed by atoms with Crippen molar-refractivity contribution < 1.29 is 9.47 Å². The third kappa shape index (κ3) is 5.29. The Hall–Kier alpha value is -2.46. The topological polar surface area (TPSA) is 30.5 Å². The number of halogens is 1. The van der Waals surface area contributed by atoms with Gasteiger partial charge in [-0.15, -0.1) is 0 Å². The molecule has 0 fully saturated rings. The van der Waals surface area contributed by atoms with E-state index < -0.39 is 0 Å². The Morgan fingerprint density at radius 1 is 0.857 bits per heavy atom. The van der Waals surface area contributed by atoms with Crippen molar-refractivity contribution >= 4 is 21.6 Å². The van der Waals surface area contributed by atoms with E-state index in [1.807, 2.05) is 37.3 Å². The number of hydrogen-bond acceptors (Lipinski definition) is 3. The standard InChI is InChI=1S/C24H26BrNO2/c1-4-27-24-14-20(15-26-22-7-5-6-17(2)18(22)3)10-13-23(24)28-16-19-8-11-21(25)12-9-19/h5-14,26H,4,15-16H2,1-3H3. The lowest BCUT2D eigenvalue weighted by Crippen LogP contribution is -2.04. The first kappa shape index (κ1) is 20.3. The van der Waals surface area contributed by atoms with Gasteiger partial charge in [-0.2, -0.15) is 0 Å². The lowest BCUT2D eigenvalue weighted by molar-refractivity contribution is 0.269. The summed E-state index contributed by atoms with van der Waals surface area (Å²) < 4.78 is 12.9. The summed E-state index contributed by atoms with van der Waals surface area (Å²) in [5.74, 6) is 1.54. The predicted molar refractivity (Wildman–Crippen MR) is 119 cm³/mol. The molecule has 0 amide bonds. The number of aryl methyl sites for hydroxylation is 1. The zero-order chi connectivity index (χ0) is 19.9. The van der Waals surface area contributed by atoms with E-state index >= 15 is 0 Å². The van der Waals surface area contributed by atoms with Gasteiger partial charge in [-0.05, 0) is 73.4 Å². The van der Waals surface area contributed by atoms with E-state index in [0.717, 1.165) is 39.3 Å². The maximum atomic E-state index is 6.01. The molecular formula is C24H26BrNO2. The number of rotatable bonds is 8. The zero-order valence-electron chi connectivity index (χ0n) is 16.6. The van der Waals surface area contributed by atoms with Gasteiger partial charge in [-0.1, -0.05) is 46.3 Å². The van der Waals surface area contributed by atoms with Crippen LogP contribution < -0.4 is 14.8 Å². The average Bonchev–Trinajstić information content (AvgIpc) is 2.70. The van der Waals surface area contributed by atoms with Crippen LogP contribution >= 0.6 is 15.9 Å². The van der Waals surface area contributed by atoms with Crippen molar-refractivity contribution in [2.24, 2.45) is 0 Å². The molecule has 3 aromatic rings. The van der Waals surface area contributed by atoms with Crippen LogP contribution in [0.4, 0.5) is 5.69 Å². The molecule has 0 saturated heterocycles. The van der Waals surface area contributed by atoms with Gasteiger partial charge < -0.3 is 14.8 Å². The molecule has 1 N–H and O–H groups in total. The van der Waals surface area contributed by atoms with Gasteiger partial charge in [0.1, 0.15) is 6.61 Å². The van der Waals surface area contributed by atoms with Gasteiger partial charge in [0.2, 0.25) is 0 Å². The minimum atomic E-state index is 0.507. The fourth-order valence-corrected chi connectivity index (χ4v) is 3.20. The number of anilines is 1. The van der Waals surface area contributed by atoms with Crippen molar-refractivity contribution in [2.45, 2.75) is 33.9 Å². The van der Waals surface area contributed by atoms with Crippen LogP contribution in [0.25, 0.3) is 0 Å². The van der Waals surface area contributed by atoms with Gasteiger partial charge in [0.05, 0.1) is 6.61 Å². The van der Waals surface area contributed by atoms with Crippen LogP contribution in [-0.4, -0.2) is 6.61 Å². The molecule has 4 heteroatoms. The molecule has 0 saturated carbocycles. The maximum absolute atomic E-state index is 6.01. The van der Waals surface area contributed by atoms with Crippen LogP contribution in [0.5, 0.6) is 11.5 Å². The molecule has 3 rings (SSSR count). The molecule has 0 atom stereocenters. The first-order chi connectivity index (χ1) is 13.6. The molecule has 28 heavy (non-hydrogen) atoms. The summed E-state index contributed by atoms with van der Waals surface area (Å²) in [6.07, 6.45) is 0. The van der Waals surface area contributed by atoms with Gasteiger partial charge in [0.25, 0.3) is 0 Å². The molecule has 0 radical (unpaired) electrons. The first-order valence-electron chi connectivity index (χ1n) is 9.50. The molecule has 0 spiro atoms. The summed E-state index contributed by atoms with van der Waals surface area (Å²) >= 11 is 3.45. The monoisotopic (exact) mass is 439 g/mol. The molecule has 0 aliphatic carbocycles. The van der Waals surface area contributed by atoms with Crippen LogP contribution in [-0.2, 0) is 13.2 Å². The molecule has 0 bridgehead atoms. The molecule has 0 aromatic heterocycles. The lowest BCUT2D eigenvalue weighted by atomic mass is 10.1. The normalized spacial score (nSPS) is 10.6. The Balaban J connectivity index is 1.69. The van der Waals surface area contributed by atoms with Crippen molar-refractivity contribution in [3.8, 4) is 11.5 Å². The smallest absolute Gasteiger partial charge is 0.161 e. The maximum Gasteiger partial charge on any atom is 0.161 e. The molecule has 3 nitrogen and oxygen atoms in total. The number of hydrogen-bond donors (Lipinski definition) is 1. The first-order valence-corrected chi connectivity index (χ1v) is 10.3. The van der Waals surface area contributed by atoms with Crippen molar-refractivity contribution in [2.75, 3.05) is 11.9 Å². The second-order valence-electron chi connectivity index (χ2n) is 6.73. The van der Waals surface area contributed by atoms with Crippen molar-refractivity contribution in [3.63, 3.8) is 0 Å². The Morgan fingerprint density at radius 3 is 2.36 bits per heavy atom. The number of ether oxygens (including phenoxy) is 2. The highest BCUT2D eigenvalue weighted by molar-refractivity contribution is 9.10. The molecule has 0 unspecified atom stereocenters. The fourth-order valence-electron chi connectivity index (χ4n) is 2.93. The molecule has 0 heterocycles. The third-order valence-corrected chi connectivity index (χ3v) is 5.23. The van der Waals surface area contributed by atoms with E-state index in [-0.39, 0.29) is 0 Å². The van der Waals surface area contributed by atoms with E-state index in [0.29, 0.717) is 13.2 Å². The van der Waals surface area contributed by atoms with Crippen LogP contribution in [0.3, 0.4) is 0 Å². The molecule has 0 aliphatic heterocycles. The van der Waals surface area contributed by atoms with E-state index in [1.54, 1.807) is 0 Å². The fraction of sp³-hybridized carbons (Fsp3) is 0.250. The van der Waals surface area contributed by atoms with Crippen LogP contribution in [0.15, 0.2) is 65.1 Å². The van der Waals surface area contributed by atoms with Crippen molar-refractivity contribution in [3.05, 3.63) is 87.4 Å². The summed E-state index contributed by atoms with van der Waals surface area (Å²) in [6, 6.07) is 20.6. The van der Waals surface area contributed by atoms with Gasteiger partial charge in [-0.25, -0.2) is 0 Å². The Kier molecular flexibility index (Phi) is 6.99. The van der Waals surface area contributed by atoms with E-state index in [2.05, 4.69) is 65.4 Å². The highest BCUT2D eigenvalue weighted by atomic mass is 79.9. The predicted octanol–water partition coefficient (Wildman–Crippen LogP) is 6.66. The average molecular weight is 440 g/mol. The van der Waals surface area contributed by atoms with E-state index in [1.165, 1.54) is 11.1 Å². The Labute approximate surface area is 175 Å². The van der Waals surface area contributed by atoms with Gasteiger partial charge in [-0.3, -0.25) is 0 Å². The van der Waals surface area contributed by atoms with Gasteiger partial charge in [0, 0.05) is 16.7 Å². The molecule has 0 aliphatic rings. The summed E-state index contributed by atoms with van der Waals surface area (Å²) in [4.78, 5) is 0. The summed E-state index contributed by atoms with van der Waals surface area (Å²) in [5, 5.41) is 3.52. The number of nitrogens with one attached hydrogen (secondary N) is 1. The minimum Gasteiger partial charge on any atom is -0.490 e. The lowest BCUT2D eigenvalue weighted by Gasteiger charge is -2.15. The van der Waals surface area contributed by atoms with Gasteiger partial charge in [0.15, 0.2) is 11.5 Å². The zero-order valence-corrected chi connectivity index (χ0v) is 18.2. The minimum absolute atomic E-state index is 0.507. The van der Waals surface area contributed by atoms with Crippen molar-refractivity contribution in [1.82, 2.24) is 0 Å². The number of benzene rings is 3. The van der Waals surface area contributed by atoms with Gasteiger partial charge >= 0.3 is 0 Å². The molecule has 146 valence electrons. The van der Waals surface area contributed by atoms with E-state index in [9.17, 15) is 0 Å². The highest BCUT2D eigenvalue weighted by Gasteiger charge is 2.08. The SMILES string of the molecule is CCOc1cc(CNc2cccc(C)c2C)ccc1OCc1ccc(Br)cc1. The highest BCUT2D eigenvalue weighted by Crippen LogP contribution is 2.30. The summed E-state index contributed by atoms with van der Waals surface area (Å²) in [6.45, 7) is 8.10.